The van der Waals surface area contributed by atoms with E-state index in [4.69, 9.17) is 11.6 Å². The molecule has 0 radical (unpaired) electrons. The minimum absolute atomic E-state index is 0.520. The van der Waals surface area contributed by atoms with Crippen molar-refractivity contribution < 1.29 is 0 Å². The van der Waals surface area contributed by atoms with Crippen LogP contribution in [0.25, 0.3) is 0 Å². The first-order valence-corrected chi connectivity index (χ1v) is 5.24. The molecule has 1 aromatic heterocycles. The van der Waals surface area contributed by atoms with Crippen molar-refractivity contribution in [3.8, 4) is 0 Å². The molecule has 76 valence electrons. The van der Waals surface area contributed by atoms with Crippen molar-refractivity contribution in [2.45, 2.75) is 13.0 Å². The highest BCUT2D eigenvalue weighted by atomic mass is 35.5. The Hall–Kier alpha value is -0.800. The average molecular weight is 212 g/mol. The summed E-state index contributed by atoms with van der Waals surface area (Å²) in [7, 11) is 0. The molecule has 0 aliphatic carbocycles. The maximum atomic E-state index is 5.75. The van der Waals surface area contributed by atoms with Crippen molar-refractivity contribution in [1.82, 2.24) is 10.3 Å². The van der Waals surface area contributed by atoms with Gasteiger partial charge in [-0.3, -0.25) is 0 Å². The monoisotopic (exact) mass is 211 g/mol. The number of anilines is 1. The first kappa shape index (κ1) is 9.74. The molecule has 1 N–H and O–H groups in total. The summed E-state index contributed by atoms with van der Waals surface area (Å²) >= 11 is 5.75. The normalized spacial score (nSPS) is 22.4. The fourth-order valence-electron chi connectivity index (χ4n) is 1.76. The van der Waals surface area contributed by atoms with Crippen LogP contribution in [-0.2, 0) is 0 Å². The molecule has 2 rings (SSSR count). The van der Waals surface area contributed by atoms with Gasteiger partial charge in [0.1, 0.15) is 5.15 Å². The van der Waals surface area contributed by atoms with Crippen LogP contribution in [-0.4, -0.2) is 30.7 Å². The van der Waals surface area contributed by atoms with E-state index >= 15 is 0 Å². The summed E-state index contributed by atoms with van der Waals surface area (Å²) in [6.45, 7) is 5.31. The summed E-state index contributed by atoms with van der Waals surface area (Å²) in [6.07, 6.45) is 1.84. The number of nitrogens with zero attached hydrogens (tertiary/aromatic N) is 2. The van der Waals surface area contributed by atoms with E-state index in [1.54, 1.807) is 0 Å². The van der Waals surface area contributed by atoms with Crippen molar-refractivity contribution in [1.29, 1.82) is 0 Å². The summed E-state index contributed by atoms with van der Waals surface area (Å²) in [5.74, 6) is 0. The Morgan fingerprint density at radius 3 is 3.07 bits per heavy atom. The second-order valence-corrected chi connectivity index (χ2v) is 3.97. The summed E-state index contributed by atoms with van der Waals surface area (Å²) in [4.78, 5) is 6.44. The van der Waals surface area contributed by atoms with Gasteiger partial charge in [-0.1, -0.05) is 11.6 Å². The lowest BCUT2D eigenvalue weighted by atomic mass is 10.2. The molecule has 1 aromatic rings. The minimum Gasteiger partial charge on any atom is -0.365 e. The molecule has 4 heteroatoms. The summed E-state index contributed by atoms with van der Waals surface area (Å²) in [5.41, 5.74) is 1.16. The highest BCUT2D eigenvalue weighted by molar-refractivity contribution is 6.29. The zero-order valence-electron chi connectivity index (χ0n) is 8.20. The topological polar surface area (TPSA) is 28.2 Å². The molecule has 1 aliphatic rings. The maximum absolute atomic E-state index is 5.75. The van der Waals surface area contributed by atoms with E-state index in [9.17, 15) is 0 Å². The quantitative estimate of drug-likeness (QED) is 0.715. The average Bonchev–Trinajstić information content (AvgIpc) is 2.20. The van der Waals surface area contributed by atoms with Crippen LogP contribution in [0.5, 0.6) is 0 Å². The van der Waals surface area contributed by atoms with E-state index in [0.717, 1.165) is 25.3 Å². The van der Waals surface area contributed by atoms with Gasteiger partial charge in [-0.2, -0.15) is 0 Å². The SMILES string of the molecule is C[C@H]1CNCCN1c1ccc(Cl)nc1. The number of piperazine rings is 1. The lowest BCUT2D eigenvalue weighted by Crippen LogP contribution is -2.49. The first-order valence-electron chi connectivity index (χ1n) is 4.86. The third-order valence-electron chi connectivity index (χ3n) is 2.54. The molecular weight excluding hydrogens is 198 g/mol. The predicted octanol–water partition coefficient (Wildman–Crippen LogP) is 1.53. The van der Waals surface area contributed by atoms with E-state index in [1.807, 2.05) is 18.3 Å². The largest absolute Gasteiger partial charge is 0.365 e. The summed E-state index contributed by atoms with van der Waals surface area (Å²) in [6, 6.07) is 4.38. The third kappa shape index (κ3) is 1.99. The second kappa shape index (κ2) is 4.15. The molecule has 0 spiro atoms. The minimum atomic E-state index is 0.520. The summed E-state index contributed by atoms with van der Waals surface area (Å²) in [5, 5.41) is 3.91. The molecule has 0 unspecified atom stereocenters. The van der Waals surface area contributed by atoms with Crippen LogP contribution < -0.4 is 10.2 Å². The van der Waals surface area contributed by atoms with Crippen molar-refractivity contribution in [2.24, 2.45) is 0 Å². The van der Waals surface area contributed by atoms with Gasteiger partial charge in [0.2, 0.25) is 0 Å². The Bertz CT molecular complexity index is 299. The van der Waals surface area contributed by atoms with Crippen molar-refractivity contribution in [3.05, 3.63) is 23.5 Å². The number of aromatic nitrogens is 1. The van der Waals surface area contributed by atoms with Gasteiger partial charge in [-0.05, 0) is 19.1 Å². The van der Waals surface area contributed by atoms with E-state index in [-0.39, 0.29) is 0 Å². The fourth-order valence-corrected chi connectivity index (χ4v) is 1.87. The molecule has 0 saturated carbocycles. The van der Waals surface area contributed by atoms with Gasteiger partial charge >= 0.3 is 0 Å². The molecule has 14 heavy (non-hydrogen) atoms. The van der Waals surface area contributed by atoms with Gasteiger partial charge in [-0.25, -0.2) is 4.98 Å². The Morgan fingerprint density at radius 2 is 2.43 bits per heavy atom. The molecule has 0 aromatic carbocycles. The number of hydrogen-bond donors (Lipinski definition) is 1. The summed E-state index contributed by atoms with van der Waals surface area (Å²) < 4.78 is 0. The van der Waals surface area contributed by atoms with Crippen LogP contribution >= 0.6 is 11.6 Å². The lowest BCUT2D eigenvalue weighted by molar-refractivity contribution is 0.500. The predicted molar refractivity (Wildman–Crippen MR) is 58.9 cm³/mol. The second-order valence-electron chi connectivity index (χ2n) is 3.59. The zero-order valence-corrected chi connectivity index (χ0v) is 8.96. The molecule has 1 saturated heterocycles. The smallest absolute Gasteiger partial charge is 0.129 e. The van der Waals surface area contributed by atoms with Crippen LogP contribution in [0, 0.1) is 0 Å². The van der Waals surface area contributed by atoms with Crippen molar-refractivity contribution >= 4 is 17.3 Å². The molecule has 1 fully saturated rings. The molecular formula is C10H14ClN3. The number of nitrogens with one attached hydrogen (secondary N) is 1. The molecule has 1 aliphatic heterocycles. The standard InChI is InChI=1S/C10H14ClN3/c1-8-6-12-4-5-14(8)9-2-3-10(11)13-7-9/h2-3,7-8,12H,4-6H2,1H3/t8-/m0/s1. The number of hydrogen-bond acceptors (Lipinski definition) is 3. The fraction of sp³-hybridized carbons (Fsp3) is 0.500. The van der Waals surface area contributed by atoms with Crippen LogP contribution in [0.2, 0.25) is 5.15 Å². The number of rotatable bonds is 1. The maximum Gasteiger partial charge on any atom is 0.129 e. The van der Waals surface area contributed by atoms with Crippen LogP contribution in [0.1, 0.15) is 6.92 Å². The van der Waals surface area contributed by atoms with Gasteiger partial charge < -0.3 is 10.2 Å². The Balaban J connectivity index is 2.16. The van der Waals surface area contributed by atoms with Gasteiger partial charge in [-0.15, -0.1) is 0 Å². The molecule has 0 bridgehead atoms. The molecule has 0 amide bonds. The van der Waals surface area contributed by atoms with E-state index in [0.29, 0.717) is 11.2 Å². The van der Waals surface area contributed by atoms with Crippen LogP contribution in [0.15, 0.2) is 18.3 Å². The highest BCUT2D eigenvalue weighted by Gasteiger charge is 2.17. The Labute approximate surface area is 89.1 Å². The number of halogens is 1. The van der Waals surface area contributed by atoms with Crippen LogP contribution in [0.4, 0.5) is 5.69 Å². The van der Waals surface area contributed by atoms with E-state index in [2.05, 4.69) is 22.1 Å². The third-order valence-corrected chi connectivity index (χ3v) is 2.77. The van der Waals surface area contributed by atoms with E-state index < -0.39 is 0 Å². The van der Waals surface area contributed by atoms with Crippen molar-refractivity contribution in [3.63, 3.8) is 0 Å². The Morgan fingerprint density at radius 1 is 1.57 bits per heavy atom. The zero-order chi connectivity index (χ0) is 9.97. The molecule has 3 nitrogen and oxygen atoms in total. The van der Waals surface area contributed by atoms with Gasteiger partial charge in [0.25, 0.3) is 0 Å². The molecule has 1 atom stereocenters. The van der Waals surface area contributed by atoms with Gasteiger partial charge in [0.05, 0.1) is 11.9 Å². The van der Waals surface area contributed by atoms with Crippen LogP contribution in [0.3, 0.4) is 0 Å². The lowest BCUT2D eigenvalue weighted by Gasteiger charge is -2.35. The Kier molecular flexibility index (Phi) is 2.89. The number of pyridine rings is 1. The molecule has 2 heterocycles. The van der Waals surface area contributed by atoms with Crippen molar-refractivity contribution in [2.75, 3.05) is 24.5 Å². The first-order chi connectivity index (χ1) is 6.77. The van der Waals surface area contributed by atoms with Gasteiger partial charge in [0.15, 0.2) is 0 Å². The highest BCUT2D eigenvalue weighted by Crippen LogP contribution is 2.18. The van der Waals surface area contributed by atoms with E-state index in [1.165, 1.54) is 0 Å². The van der Waals surface area contributed by atoms with Gasteiger partial charge in [0, 0.05) is 25.7 Å².